The molecular weight excluding hydrogens is 326 g/mol. The van der Waals surface area contributed by atoms with Crippen LogP contribution in [0.3, 0.4) is 0 Å². The lowest BCUT2D eigenvalue weighted by atomic mass is 9.75. The number of carbonyl (C=O) groups is 3. The second kappa shape index (κ2) is 10.1. The number of ether oxygens (including phenoxy) is 3. The Kier molecular flexibility index (Phi) is 8.45. The van der Waals surface area contributed by atoms with Gasteiger partial charge in [-0.25, -0.2) is 9.59 Å². The zero-order valence-corrected chi connectivity index (χ0v) is 15.5. The van der Waals surface area contributed by atoms with Crippen LogP contribution in [0.5, 0.6) is 0 Å². The molecule has 0 aliphatic heterocycles. The average Bonchev–Trinajstić information content (AvgIpc) is 2.52. The lowest BCUT2D eigenvalue weighted by Crippen LogP contribution is -2.39. The molecule has 1 amide bonds. The molecule has 1 aliphatic rings. The molecule has 25 heavy (non-hydrogen) atoms. The summed E-state index contributed by atoms with van der Waals surface area (Å²) in [5.41, 5.74) is 0.315. The molecule has 1 rings (SSSR count). The van der Waals surface area contributed by atoms with Crippen LogP contribution in [0.2, 0.25) is 0 Å². The van der Waals surface area contributed by atoms with Crippen molar-refractivity contribution in [1.29, 1.82) is 0 Å². The predicted octanol–water partition coefficient (Wildman–Crippen LogP) is 2.45. The standard InChI is InChI=1S/C18H29NO6/c1-11(2)17(21)23-7-6-19-18(22)24-10-15-8-12(3)16(13(4)9-15)25-14(5)20/h12-13,15-16H,1,6-10H2,2-5H3,(H,19,22). The summed E-state index contributed by atoms with van der Waals surface area (Å²) in [6, 6.07) is 0. The fourth-order valence-electron chi connectivity index (χ4n) is 3.20. The molecular formula is C18H29NO6. The van der Waals surface area contributed by atoms with Crippen LogP contribution in [0.1, 0.15) is 40.5 Å². The van der Waals surface area contributed by atoms with E-state index < -0.39 is 12.1 Å². The van der Waals surface area contributed by atoms with E-state index in [-0.39, 0.29) is 43.0 Å². The fraction of sp³-hybridized carbons (Fsp3) is 0.722. The second-order valence-corrected chi connectivity index (χ2v) is 6.81. The minimum atomic E-state index is -0.534. The molecule has 7 nitrogen and oxygen atoms in total. The van der Waals surface area contributed by atoms with Gasteiger partial charge in [0.15, 0.2) is 0 Å². The Morgan fingerprint density at radius 1 is 1.08 bits per heavy atom. The van der Waals surface area contributed by atoms with Crippen LogP contribution in [0, 0.1) is 17.8 Å². The Morgan fingerprint density at radius 3 is 2.20 bits per heavy atom. The van der Waals surface area contributed by atoms with Gasteiger partial charge in [0.05, 0.1) is 13.2 Å². The SMILES string of the molecule is C=C(C)C(=O)OCCNC(=O)OCC1CC(C)C(OC(C)=O)C(C)C1. The summed E-state index contributed by atoms with van der Waals surface area (Å²) in [5.74, 6) is -0.0478. The van der Waals surface area contributed by atoms with Crippen LogP contribution in [0.15, 0.2) is 12.2 Å². The summed E-state index contributed by atoms with van der Waals surface area (Å²) in [5, 5.41) is 2.54. The Labute approximate surface area is 149 Å². The minimum absolute atomic E-state index is 0.0718. The van der Waals surface area contributed by atoms with Gasteiger partial charge in [-0.15, -0.1) is 0 Å². The van der Waals surface area contributed by atoms with Gasteiger partial charge < -0.3 is 19.5 Å². The van der Waals surface area contributed by atoms with Gasteiger partial charge in [-0.3, -0.25) is 4.79 Å². The number of nitrogens with one attached hydrogen (secondary N) is 1. The molecule has 0 aromatic carbocycles. The van der Waals surface area contributed by atoms with Gasteiger partial charge in [-0.05, 0) is 37.5 Å². The molecule has 1 saturated carbocycles. The van der Waals surface area contributed by atoms with E-state index in [2.05, 4.69) is 11.9 Å². The van der Waals surface area contributed by atoms with Crippen LogP contribution in [0.25, 0.3) is 0 Å². The first-order valence-corrected chi connectivity index (χ1v) is 8.61. The zero-order valence-electron chi connectivity index (χ0n) is 15.5. The molecule has 0 aromatic rings. The lowest BCUT2D eigenvalue weighted by Gasteiger charge is -2.38. The predicted molar refractivity (Wildman–Crippen MR) is 91.7 cm³/mol. The van der Waals surface area contributed by atoms with E-state index in [1.807, 2.05) is 13.8 Å². The summed E-state index contributed by atoms with van der Waals surface area (Å²) in [7, 11) is 0. The molecule has 7 heteroatoms. The maximum absolute atomic E-state index is 11.7. The Balaban J connectivity index is 2.25. The third-order valence-corrected chi connectivity index (χ3v) is 4.24. The summed E-state index contributed by atoms with van der Waals surface area (Å²) in [6.45, 7) is 11.1. The van der Waals surface area contributed by atoms with Crippen molar-refractivity contribution in [1.82, 2.24) is 5.32 Å². The van der Waals surface area contributed by atoms with E-state index in [9.17, 15) is 14.4 Å². The monoisotopic (exact) mass is 355 g/mol. The summed E-state index contributed by atoms with van der Waals surface area (Å²) in [4.78, 5) is 34.0. The van der Waals surface area contributed by atoms with Gasteiger partial charge in [0.1, 0.15) is 12.7 Å². The van der Waals surface area contributed by atoms with Crippen molar-refractivity contribution < 1.29 is 28.6 Å². The van der Waals surface area contributed by atoms with Crippen LogP contribution < -0.4 is 5.32 Å². The topological polar surface area (TPSA) is 90.9 Å². The molecule has 0 spiro atoms. The number of alkyl carbamates (subject to hydrolysis) is 1. The molecule has 1 N–H and O–H groups in total. The van der Waals surface area contributed by atoms with E-state index >= 15 is 0 Å². The summed E-state index contributed by atoms with van der Waals surface area (Å²) in [6.07, 6.45) is 1.07. The number of hydrogen-bond acceptors (Lipinski definition) is 6. The first kappa shape index (κ1) is 21.0. The molecule has 1 aliphatic carbocycles. The number of amides is 1. The van der Waals surface area contributed by atoms with Crippen LogP contribution in [-0.4, -0.2) is 43.9 Å². The van der Waals surface area contributed by atoms with Crippen molar-refractivity contribution >= 4 is 18.0 Å². The van der Waals surface area contributed by atoms with E-state index in [1.165, 1.54) is 6.92 Å². The van der Waals surface area contributed by atoms with Gasteiger partial charge in [-0.1, -0.05) is 20.4 Å². The number of carbonyl (C=O) groups excluding carboxylic acids is 3. The molecule has 0 bridgehead atoms. The second-order valence-electron chi connectivity index (χ2n) is 6.81. The molecule has 2 atom stereocenters. The van der Waals surface area contributed by atoms with Gasteiger partial charge in [-0.2, -0.15) is 0 Å². The highest BCUT2D eigenvalue weighted by molar-refractivity contribution is 5.86. The Morgan fingerprint density at radius 2 is 1.68 bits per heavy atom. The van der Waals surface area contributed by atoms with Crippen molar-refractivity contribution in [3.05, 3.63) is 12.2 Å². The highest BCUT2D eigenvalue weighted by Gasteiger charge is 2.35. The molecule has 0 aromatic heterocycles. The molecule has 1 fully saturated rings. The summed E-state index contributed by atoms with van der Waals surface area (Å²) < 4.78 is 15.5. The minimum Gasteiger partial charge on any atom is -0.462 e. The average molecular weight is 355 g/mol. The maximum atomic E-state index is 11.7. The molecule has 0 radical (unpaired) electrons. The third-order valence-electron chi connectivity index (χ3n) is 4.24. The molecule has 0 saturated heterocycles. The Hall–Kier alpha value is -2.05. The first-order valence-electron chi connectivity index (χ1n) is 8.61. The number of rotatable bonds is 7. The van der Waals surface area contributed by atoms with Gasteiger partial charge in [0.2, 0.25) is 0 Å². The van der Waals surface area contributed by atoms with Gasteiger partial charge >= 0.3 is 18.0 Å². The molecule has 0 heterocycles. The van der Waals surface area contributed by atoms with E-state index in [0.717, 1.165) is 12.8 Å². The summed E-state index contributed by atoms with van der Waals surface area (Å²) >= 11 is 0. The number of hydrogen-bond donors (Lipinski definition) is 1. The Bertz CT molecular complexity index is 492. The number of esters is 2. The van der Waals surface area contributed by atoms with Crippen molar-refractivity contribution in [3.63, 3.8) is 0 Å². The van der Waals surface area contributed by atoms with E-state index in [0.29, 0.717) is 12.2 Å². The van der Waals surface area contributed by atoms with Gasteiger partial charge in [0.25, 0.3) is 0 Å². The van der Waals surface area contributed by atoms with Crippen LogP contribution in [0.4, 0.5) is 4.79 Å². The molecule has 142 valence electrons. The van der Waals surface area contributed by atoms with Gasteiger partial charge in [0, 0.05) is 12.5 Å². The van der Waals surface area contributed by atoms with Crippen LogP contribution >= 0.6 is 0 Å². The van der Waals surface area contributed by atoms with Crippen molar-refractivity contribution in [2.45, 2.75) is 46.6 Å². The smallest absolute Gasteiger partial charge is 0.407 e. The van der Waals surface area contributed by atoms with Crippen molar-refractivity contribution in [2.75, 3.05) is 19.8 Å². The highest BCUT2D eigenvalue weighted by atomic mass is 16.6. The molecule has 2 unspecified atom stereocenters. The van der Waals surface area contributed by atoms with Crippen molar-refractivity contribution in [2.24, 2.45) is 17.8 Å². The van der Waals surface area contributed by atoms with Crippen molar-refractivity contribution in [3.8, 4) is 0 Å². The largest absolute Gasteiger partial charge is 0.462 e. The van der Waals surface area contributed by atoms with E-state index in [1.54, 1.807) is 6.92 Å². The fourth-order valence-corrected chi connectivity index (χ4v) is 3.20. The van der Waals surface area contributed by atoms with E-state index in [4.69, 9.17) is 14.2 Å². The maximum Gasteiger partial charge on any atom is 0.407 e. The zero-order chi connectivity index (χ0) is 19.0. The quantitative estimate of drug-likeness (QED) is 0.326. The normalized spacial score (nSPS) is 25.6. The third kappa shape index (κ3) is 7.58. The van der Waals surface area contributed by atoms with Crippen LogP contribution in [-0.2, 0) is 23.8 Å². The highest BCUT2D eigenvalue weighted by Crippen LogP contribution is 2.35. The first-order chi connectivity index (χ1) is 11.7. The lowest BCUT2D eigenvalue weighted by molar-refractivity contribution is -0.155.